The third kappa shape index (κ3) is 18.9. The minimum Gasteiger partial charge on any atom is -0.550 e. The number of hydrogen-bond acceptors (Lipinski definition) is 2. The smallest absolute Gasteiger partial charge is 0.0414 e. The third-order valence-corrected chi connectivity index (χ3v) is 3.80. The third-order valence-electron chi connectivity index (χ3n) is 3.80. The van der Waals surface area contributed by atoms with Gasteiger partial charge in [-0.25, -0.2) is 0 Å². The minimum atomic E-state index is -0.940. The molecule has 0 unspecified atom stereocenters. The van der Waals surface area contributed by atoms with Gasteiger partial charge in [-0.2, -0.15) is 0 Å². The van der Waals surface area contributed by atoms with Crippen LogP contribution in [0.1, 0.15) is 96.8 Å². The van der Waals surface area contributed by atoms with Crippen LogP contribution in [-0.4, -0.2) is 5.97 Å². The summed E-state index contributed by atoms with van der Waals surface area (Å²) in [6, 6.07) is 0. The molecule has 0 aromatic heterocycles. The van der Waals surface area contributed by atoms with E-state index in [-0.39, 0.29) is 6.42 Å². The Morgan fingerprint density at radius 1 is 0.682 bits per heavy atom. The summed E-state index contributed by atoms with van der Waals surface area (Å²) < 4.78 is 0. The fraction of sp³-hybridized carbons (Fsp3) is 0.750. The molecule has 0 saturated carbocycles. The van der Waals surface area contributed by atoms with Crippen LogP contribution in [0, 0.1) is 0 Å². The molecular weight excluding hydrogens is 272 g/mol. The number of carbonyl (C=O) groups is 1. The average Bonchev–Trinajstić information content (AvgIpc) is 2.50. The zero-order valence-corrected chi connectivity index (χ0v) is 14.5. The van der Waals surface area contributed by atoms with Gasteiger partial charge >= 0.3 is 0 Å². The van der Waals surface area contributed by atoms with E-state index in [2.05, 4.69) is 31.2 Å². The molecule has 0 bridgehead atoms. The maximum absolute atomic E-state index is 10.2. The zero-order chi connectivity index (χ0) is 16.3. The van der Waals surface area contributed by atoms with Crippen LogP contribution in [0.4, 0.5) is 0 Å². The van der Waals surface area contributed by atoms with E-state index in [1.54, 1.807) is 0 Å². The molecule has 0 rings (SSSR count). The van der Waals surface area contributed by atoms with Crippen molar-refractivity contribution in [3.05, 3.63) is 24.3 Å². The summed E-state index contributed by atoms with van der Waals surface area (Å²) in [5.74, 6) is -0.940. The Morgan fingerprint density at radius 2 is 1.09 bits per heavy atom. The molecule has 0 aliphatic carbocycles. The summed E-state index contributed by atoms with van der Waals surface area (Å²) in [7, 11) is 0. The quantitative estimate of drug-likeness (QED) is 0.285. The molecule has 0 heterocycles. The molecule has 0 fully saturated rings. The number of rotatable bonds is 16. The molecule has 0 spiro atoms. The molecule has 0 radical (unpaired) electrons. The molecule has 0 aliphatic heterocycles. The first-order valence-electron chi connectivity index (χ1n) is 9.27. The highest BCUT2D eigenvalue weighted by atomic mass is 16.4. The van der Waals surface area contributed by atoms with Crippen LogP contribution < -0.4 is 5.11 Å². The van der Waals surface area contributed by atoms with Crippen molar-refractivity contribution in [3.63, 3.8) is 0 Å². The van der Waals surface area contributed by atoms with Crippen molar-refractivity contribution in [2.45, 2.75) is 96.8 Å². The van der Waals surface area contributed by atoms with Gasteiger partial charge in [0, 0.05) is 5.97 Å². The number of carboxylic acid groups (broad SMARTS) is 1. The van der Waals surface area contributed by atoms with Gasteiger partial charge in [0.1, 0.15) is 0 Å². The molecular formula is C20H35O2-. The zero-order valence-electron chi connectivity index (χ0n) is 14.5. The predicted molar refractivity (Wildman–Crippen MR) is 93.6 cm³/mol. The van der Waals surface area contributed by atoms with Crippen LogP contribution in [0.3, 0.4) is 0 Å². The van der Waals surface area contributed by atoms with Gasteiger partial charge in [-0.1, -0.05) is 69.8 Å². The Balaban J connectivity index is 3.12. The number of aliphatic carboxylic acids is 1. The van der Waals surface area contributed by atoms with E-state index in [1.165, 1.54) is 64.2 Å². The van der Waals surface area contributed by atoms with Crippen molar-refractivity contribution < 1.29 is 9.90 Å². The minimum absolute atomic E-state index is 0.179. The van der Waals surface area contributed by atoms with Gasteiger partial charge in [0.2, 0.25) is 0 Å². The lowest BCUT2D eigenvalue weighted by Crippen LogP contribution is -2.21. The summed E-state index contributed by atoms with van der Waals surface area (Å²) in [5, 5.41) is 10.2. The highest BCUT2D eigenvalue weighted by molar-refractivity contribution is 5.64. The highest BCUT2D eigenvalue weighted by Crippen LogP contribution is 2.10. The molecule has 0 aromatic rings. The molecule has 0 N–H and O–H groups in total. The highest BCUT2D eigenvalue weighted by Gasteiger charge is 1.90. The second-order valence-corrected chi connectivity index (χ2v) is 6.05. The molecule has 0 saturated heterocycles. The standard InChI is InChI=1S/C20H36O2/c1-2-3-4-5-6-7-8-9-10-11-12-13-14-15-16-17-18-19-20(21)22/h5-6,15-16H,2-4,7-14,17-19H2,1H3,(H,21,22)/p-1/b6-5-,16-15-. The van der Waals surface area contributed by atoms with Crippen molar-refractivity contribution in [2.24, 2.45) is 0 Å². The maximum atomic E-state index is 10.2. The van der Waals surface area contributed by atoms with Crippen molar-refractivity contribution in [1.29, 1.82) is 0 Å². The normalized spacial score (nSPS) is 11.7. The fourth-order valence-corrected chi connectivity index (χ4v) is 2.39. The largest absolute Gasteiger partial charge is 0.550 e. The topological polar surface area (TPSA) is 40.1 Å². The van der Waals surface area contributed by atoms with Gasteiger partial charge in [0.05, 0.1) is 0 Å². The van der Waals surface area contributed by atoms with Crippen molar-refractivity contribution in [3.8, 4) is 0 Å². The Morgan fingerprint density at radius 3 is 1.55 bits per heavy atom. The van der Waals surface area contributed by atoms with Gasteiger partial charge in [-0.3, -0.25) is 0 Å². The summed E-state index contributed by atoms with van der Waals surface area (Å²) in [5.41, 5.74) is 0. The second kappa shape index (κ2) is 18.0. The Labute approximate surface area is 137 Å². The summed E-state index contributed by atoms with van der Waals surface area (Å²) in [6.07, 6.45) is 24.9. The lowest BCUT2D eigenvalue weighted by atomic mass is 10.1. The van der Waals surface area contributed by atoms with Crippen LogP contribution in [0.15, 0.2) is 24.3 Å². The molecule has 0 aromatic carbocycles. The lowest BCUT2D eigenvalue weighted by Gasteiger charge is -2.00. The first-order valence-corrected chi connectivity index (χ1v) is 9.27. The molecule has 0 atom stereocenters. The molecule has 2 heteroatoms. The Hall–Kier alpha value is -1.05. The molecule has 22 heavy (non-hydrogen) atoms. The van der Waals surface area contributed by atoms with E-state index < -0.39 is 5.97 Å². The number of unbranched alkanes of at least 4 members (excludes halogenated alkanes) is 10. The van der Waals surface area contributed by atoms with Crippen LogP contribution in [-0.2, 0) is 4.79 Å². The van der Waals surface area contributed by atoms with Crippen LogP contribution >= 0.6 is 0 Å². The van der Waals surface area contributed by atoms with Crippen molar-refractivity contribution in [2.75, 3.05) is 0 Å². The Kier molecular flexibility index (Phi) is 17.1. The van der Waals surface area contributed by atoms with E-state index in [0.717, 1.165) is 12.8 Å². The van der Waals surface area contributed by atoms with E-state index in [1.807, 2.05) is 0 Å². The Bertz CT molecular complexity index is 292. The van der Waals surface area contributed by atoms with Gasteiger partial charge in [-0.05, 0) is 51.4 Å². The maximum Gasteiger partial charge on any atom is 0.0414 e. The van der Waals surface area contributed by atoms with Gasteiger partial charge in [-0.15, -0.1) is 0 Å². The van der Waals surface area contributed by atoms with Crippen molar-refractivity contribution in [1.82, 2.24) is 0 Å². The van der Waals surface area contributed by atoms with Crippen LogP contribution in [0.2, 0.25) is 0 Å². The number of hydrogen-bond donors (Lipinski definition) is 0. The molecule has 0 aliphatic rings. The van der Waals surface area contributed by atoms with Crippen LogP contribution in [0.25, 0.3) is 0 Å². The summed E-state index contributed by atoms with van der Waals surface area (Å²) in [6.45, 7) is 2.24. The molecule has 128 valence electrons. The number of carboxylic acids is 1. The summed E-state index contributed by atoms with van der Waals surface area (Å²) in [4.78, 5) is 10.2. The first-order chi connectivity index (χ1) is 10.8. The van der Waals surface area contributed by atoms with Gasteiger partial charge in [0.15, 0.2) is 0 Å². The van der Waals surface area contributed by atoms with E-state index in [0.29, 0.717) is 6.42 Å². The predicted octanol–water partition coefficient (Wildman–Crippen LogP) is 5.33. The van der Waals surface area contributed by atoms with E-state index in [4.69, 9.17) is 0 Å². The lowest BCUT2D eigenvalue weighted by molar-refractivity contribution is -0.305. The van der Waals surface area contributed by atoms with Gasteiger partial charge in [0.25, 0.3) is 0 Å². The van der Waals surface area contributed by atoms with Crippen LogP contribution in [0.5, 0.6) is 0 Å². The first kappa shape index (κ1) is 20.9. The molecule has 0 amide bonds. The van der Waals surface area contributed by atoms with Crippen molar-refractivity contribution >= 4 is 5.97 Å². The monoisotopic (exact) mass is 307 g/mol. The SMILES string of the molecule is CCCC/C=C\CCCCCCCC/C=C\CCCC(=O)[O-]. The number of carbonyl (C=O) groups excluding carboxylic acids is 1. The van der Waals surface area contributed by atoms with E-state index in [9.17, 15) is 9.90 Å². The average molecular weight is 307 g/mol. The van der Waals surface area contributed by atoms with E-state index >= 15 is 0 Å². The number of allylic oxidation sites excluding steroid dienone is 4. The second-order valence-electron chi connectivity index (χ2n) is 6.05. The van der Waals surface area contributed by atoms with Gasteiger partial charge < -0.3 is 9.90 Å². The fourth-order valence-electron chi connectivity index (χ4n) is 2.39. The molecule has 2 nitrogen and oxygen atoms in total. The summed E-state index contributed by atoms with van der Waals surface area (Å²) >= 11 is 0.